The third kappa shape index (κ3) is 2.28. The molecule has 3 heterocycles. The molecule has 7 heteroatoms. The molecule has 6 nitrogen and oxygen atoms in total. The largest absolute Gasteiger partial charge is 0.328 e. The van der Waals surface area contributed by atoms with E-state index in [2.05, 4.69) is 15.0 Å². The standard InChI is InChI=1S/C12H12N4O2S/c17-10-7-14-8(6-15-10)12(18)16-4-1-2-9(16)11-13-3-5-19-11/h3,5-7,9H,1-2,4H2,(H,15,17). The van der Waals surface area contributed by atoms with Gasteiger partial charge >= 0.3 is 0 Å². The first kappa shape index (κ1) is 12.0. The molecule has 1 aliphatic heterocycles. The van der Waals surface area contributed by atoms with Crippen molar-refractivity contribution in [3.63, 3.8) is 0 Å². The van der Waals surface area contributed by atoms with Crippen LogP contribution in [0.5, 0.6) is 0 Å². The Bertz CT molecular complexity index is 617. The van der Waals surface area contributed by atoms with Gasteiger partial charge in [0.15, 0.2) is 0 Å². The van der Waals surface area contributed by atoms with Crippen molar-refractivity contribution >= 4 is 17.2 Å². The molecule has 1 fully saturated rings. The van der Waals surface area contributed by atoms with Gasteiger partial charge in [-0.05, 0) is 12.8 Å². The summed E-state index contributed by atoms with van der Waals surface area (Å²) in [7, 11) is 0. The summed E-state index contributed by atoms with van der Waals surface area (Å²) in [6.07, 6.45) is 6.12. The maximum absolute atomic E-state index is 12.4. The molecule has 1 N–H and O–H groups in total. The van der Waals surface area contributed by atoms with E-state index in [1.165, 1.54) is 6.20 Å². The third-order valence-electron chi connectivity index (χ3n) is 3.14. The molecular formula is C12H12N4O2S. The van der Waals surface area contributed by atoms with Gasteiger partial charge in [0.05, 0.1) is 12.2 Å². The fourth-order valence-corrected chi connectivity index (χ4v) is 3.06. The quantitative estimate of drug-likeness (QED) is 0.894. The van der Waals surface area contributed by atoms with Crippen molar-refractivity contribution in [2.24, 2.45) is 0 Å². The average molecular weight is 276 g/mol. The number of aromatic amines is 1. The Balaban J connectivity index is 1.86. The average Bonchev–Trinajstić information content (AvgIpc) is 3.09. The maximum Gasteiger partial charge on any atom is 0.274 e. The van der Waals surface area contributed by atoms with Crippen LogP contribution in [0.1, 0.15) is 34.4 Å². The van der Waals surface area contributed by atoms with Crippen molar-refractivity contribution in [1.82, 2.24) is 19.9 Å². The summed E-state index contributed by atoms with van der Waals surface area (Å²) >= 11 is 1.56. The number of carbonyl (C=O) groups is 1. The van der Waals surface area contributed by atoms with Crippen LogP contribution in [0, 0.1) is 0 Å². The summed E-state index contributed by atoms with van der Waals surface area (Å²) in [5.74, 6) is -0.158. The number of amides is 1. The van der Waals surface area contributed by atoms with Gasteiger partial charge in [0.1, 0.15) is 10.7 Å². The van der Waals surface area contributed by atoms with Crippen LogP contribution in [0.15, 0.2) is 28.8 Å². The van der Waals surface area contributed by atoms with E-state index in [0.717, 1.165) is 24.0 Å². The van der Waals surface area contributed by atoms with E-state index in [1.807, 2.05) is 5.38 Å². The van der Waals surface area contributed by atoms with Crippen LogP contribution in [-0.4, -0.2) is 32.3 Å². The van der Waals surface area contributed by atoms with E-state index in [9.17, 15) is 9.59 Å². The minimum absolute atomic E-state index is 0.0289. The van der Waals surface area contributed by atoms with Gasteiger partial charge in [-0.3, -0.25) is 9.59 Å². The number of nitrogens with zero attached hydrogens (tertiary/aromatic N) is 3. The van der Waals surface area contributed by atoms with Crippen molar-refractivity contribution in [1.29, 1.82) is 0 Å². The molecule has 1 aliphatic rings. The zero-order valence-corrected chi connectivity index (χ0v) is 10.9. The van der Waals surface area contributed by atoms with E-state index < -0.39 is 0 Å². The monoisotopic (exact) mass is 276 g/mol. The highest BCUT2D eigenvalue weighted by Crippen LogP contribution is 2.33. The highest BCUT2D eigenvalue weighted by molar-refractivity contribution is 7.09. The molecule has 0 aromatic carbocycles. The van der Waals surface area contributed by atoms with E-state index in [4.69, 9.17) is 0 Å². The number of hydrogen-bond donors (Lipinski definition) is 1. The summed E-state index contributed by atoms with van der Waals surface area (Å²) in [6.45, 7) is 0.698. The van der Waals surface area contributed by atoms with E-state index in [1.54, 1.807) is 22.4 Å². The van der Waals surface area contributed by atoms with Gasteiger partial charge in [0.25, 0.3) is 11.5 Å². The van der Waals surface area contributed by atoms with E-state index in [-0.39, 0.29) is 23.2 Å². The lowest BCUT2D eigenvalue weighted by atomic mass is 10.2. The molecule has 3 rings (SSSR count). The molecule has 0 saturated carbocycles. The summed E-state index contributed by atoms with van der Waals surface area (Å²) in [5.41, 5.74) is -0.0440. The predicted octanol–water partition coefficient (Wildman–Crippen LogP) is 1.20. The number of thiazole rings is 1. The molecule has 0 bridgehead atoms. The van der Waals surface area contributed by atoms with Crippen molar-refractivity contribution in [2.75, 3.05) is 6.54 Å². The van der Waals surface area contributed by atoms with Gasteiger partial charge in [0.2, 0.25) is 0 Å². The normalized spacial score (nSPS) is 18.7. The molecule has 2 aromatic rings. The van der Waals surface area contributed by atoms with Gasteiger partial charge in [-0.2, -0.15) is 0 Å². The van der Waals surface area contributed by atoms with Crippen LogP contribution in [0.4, 0.5) is 0 Å². The van der Waals surface area contributed by atoms with Crippen LogP contribution < -0.4 is 5.56 Å². The predicted molar refractivity (Wildman–Crippen MR) is 70.0 cm³/mol. The van der Waals surface area contributed by atoms with E-state index in [0.29, 0.717) is 6.54 Å². The Morgan fingerprint density at radius 2 is 2.37 bits per heavy atom. The molecular weight excluding hydrogens is 264 g/mol. The second-order valence-electron chi connectivity index (χ2n) is 4.32. The number of carbonyl (C=O) groups excluding carboxylic acids is 1. The van der Waals surface area contributed by atoms with Crippen molar-refractivity contribution in [2.45, 2.75) is 18.9 Å². The van der Waals surface area contributed by atoms with Crippen molar-refractivity contribution in [3.8, 4) is 0 Å². The molecule has 0 radical (unpaired) electrons. The Hall–Kier alpha value is -2.02. The lowest BCUT2D eigenvalue weighted by Crippen LogP contribution is -2.31. The Morgan fingerprint density at radius 3 is 3.05 bits per heavy atom. The van der Waals surface area contributed by atoms with Crippen molar-refractivity contribution < 1.29 is 4.79 Å². The number of H-pyrrole nitrogens is 1. The number of hydrogen-bond acceptors (Lipinski definition) is 5. The number of aromatic nitrogens is 3. The van der Waals surface area contributed by atoms with Crippen LogP contribution in [0.25, 0.3) is 0 Å². The van der Waals surface area contributed by atoms with Gasteiger partial charge in [-0.25, -0.2) is 9.97 Å². The SMILES string of the molecule is O=C(c1c[nH]c(=O)cn1)N1CCCC1c1nccs1. The second kappa shape index (κ2) is 4.93. The smallest absolute Gasteiger partial charge is 0.274 e. The van der Waals surface area contributed by atoms with Gasteiger partial charge in [-0.15, -0.1) is 11.3 Å². The zero-order valence-electron chi connectivity index (χ0n) is 10.1. The highest BCUT2D eigenvalue weighted by atomic mass is 32.1. The molecule has 0 aliphatic carbocycles. The van der Waals surface area contributed by atoms with Crippen LogP contribution >= 0.6 is 11.3 Å². The summed E-state index contributed by atoms with van der Waals surface area (Å²) in [4.78, 5) is 35.8. The third-order valence-corrected chi connectivity index (χ3v) is 4.02. The zero-order chi connectivity index (χ0) is 13.2. The molecule has 0 spiro atoms. The van der Waals surface area contributed by atoms with Gasteiger partial charge in [0, 0.05) is 24.3 Å². The topological polar surface area (TPSA) is 79.0 Å². The van der Waals surface area contributed by atoms with Crippen molar-refractivity contribution in [3.05, 3.63) is 45.0 Å². The number of nitrogens with one attached hydrogen (secondary N) is 1. The molecule has 1 unspecified atom stereocenters. The lowest BCUT2D eigenvalue weighted by Gasteiger charge is -2.22. The maximum atomic E-state index is 12.4. The number of likely N-dealkylation sites (tertiary alicyclic amines) is 1. The molecule has 98 valence electrons. The fraction of sp³-hybridized carbons (Fsp3) is 0.333. The first-order valence-corrected chi connectivity index (χ1v) is 6.89. The lowest BCUT2D eigenvalue weighted by molar-refractivity contribution is 0.0729. The summed E-state index contributed by atoms with van der Waals surface area (Å²) < 4.78 is 0. The van der Waals surface area contributed by atoms with Gasteiger partial charge < -0.3 is 9.88 Å². The molecule has 2 aromatic heterocycles. The minimum atomic E-state index is -0.311. The first-order chi connectivity index (χ1) is 9.25. The number of rotatable bonds is 2. The molecule has 1 saturated heterocycles. The molecule has 1 atom stereocenters. The van der Waals surface area contributed by atoms with E-state index >= 15 is 0 Å². The Labute approximate surface area is 113 Å². The Morgan fingerprint density at radius 1 is 1.47 bits per heavy atom. The highest BCUT2D eigenvalue weighted by Gasteiger charge is 2.32. The Kier molecular flexibility index (Phi) is 3.12. The molecule has 1 amide bonds. The van der Waals surface area contributed by atoms with Gasteiger partial charge in [-0.1, -0.05) is 0 Å². The molecule has 19 heavy (non-hydrogen) atoms. The summed E-state index contributed by atoms with van der Waals surface area (Å²) in [5, 5.41) is 2.87. The first-order valence-electron chi connectivity index (χ1n) is 6.01. The minimum Gasteiger partial charge on any atom is -0.328 e. The van der Waals surface area contributed by atoms with Crippen LogP contribution in [0.3, 0.4) is 0 Å². The fourth-order valence-electron chi connectivity index (χ4n) is 2.27. The van der Waals surface area contributed by atoms with Crippen LogP contribution in [0.2, 0.25) is 0 Å². The summed E-state index contributed by atoms with van der Waals surface area (Å²) in [6, 6.07) is 0.0289. The van der Waals surface area contributed by atoms with Crippen LogP contribution in [-0.2, 0) is 0 Å². The second-order valence-corrected chi connectivity index (χ2v) is 5.25.